The number of amides is 1. The van der Waals surface area contributed by atoms with Crippen molar-refractivity contribution in [3.05, 3.63) is 22.4 Å². The third kappa shape index (κ3) is 2.81. The van der Waals surface area contributed by atoms with E-state index in [0.717, 1.165) is 6.42 Å². The maximum Gasteiger partial charge on any atom is 0.311 e. The zero-order valence-corrected chi connectivity index (χ0v) is 12.6. The summed E-state index contributed by atoms with van der Waals surface area (Å²) >= 11 is 0. The number of esters is 1. The smallest absolute Gasteiger partial charge is 0.311 e. The van der Waals surface area contributed by atoms with Gasteiger partial charge in [-0.1, -0.05) is 6.42 Å². The van der Waals surface area contributed by atoms with E-state index in [2.05, 4.69) is 25.5 Å². The lowest BCUT2D eigenvalue weighted by molar-refractivity contribution is -0.148. The fourth-order valence-corrected chi connectivity index (χ4v) is 2.93. The van der Waals surface area contributed by atoms with Gasteiger partial charge in [0.05, 0.1) is 18.9 Å². The minimum Gasteiger partial charge on any atom is -0.466 e. The quantitative estimate of drug-likeness (QED) is 0.686. The summed E-state index contributed by atoms with van der Waals surface area (Å²) in [6.45, 7) is 2.05. The van der Waals surface area contributed by atoms with Crippen molar-refractivity contribution in [2.45, 2.75) is 32.2 Å². The lowest BCUT2D eigenvalue weighted by Crippen LogP contribution is -2.41. The van der Waals surface area contributed by atoms with Gasteiger partial charge in [-0.25, -0.2) is 4.98 Å². The maximum atomic E-state index is 12.4. The highest BCUT2D eigenvalue weighted by molar-refractivity contribution is 6.03. The molecule has 1 saturated carbocycles. The Morgan fingerprint density at radius 2 is 2.26 bits per heavy atom. The van der Waals surface area contributed by atoms with Gasteiger partial charge in [-0.15, -0.1) is 0 Å². The van der Waals surface area contributed by atoms with E-state index >= 15 is 0 Å². The third-order valence-corrected chi connectivity index (χ3v) is 4.01. The molecule has 122 valence electrons. The molecule has 1 aliphatic carbocycles. The summed E-state index contributed by atoms with van der Waals surface area (Å²) in [6, 6.07) is -0.310. The van der Waals surface area contributed by atoms with Crippen LogP contribution < -0.4 is 10.9 Å². The van der Waals surface area contributed by atoms with E-state index in [-0.39, 0.29) is 34.7 Å². The molecule has 0 radical (unpaired) electrons. The highest BCUT2D eigenvalue weighted by Gasteiger charge is 2.35. The number of ether oxygens (including phenoxy) is 1. The number of nitrogens with one attached hydrogen (secondary N) is 3. The number of hydrogen-bond donors (Lipinski definition) is 3. The Hall–Kier alpha value is -2.71. The van der Waals surface area contributed by atoms with Crippen molar-refractivity contribution in [3.8, 4) is 0 Å². The summed E-state index contributed by atoms with van der Waals surface area (Å²) in [5.74, 6) is -1.14. The molecular formula is C14H17N5O4. The molecule has 3 N–H and O–H groups in total. The molecule has 2 atom stereocenters. The van der Waals surface area contributed by atoms with Gasteiger partial charge in [0.15, 0.2) is 5.65 Å². The van der Waals surface area contributed by atoms with Crippen molar-refractivity contribution in [3.63, 3.8) is 0 Å². The van der Waals surface area contributed by atoms with Gasteiger partial charge in [-0.05, 0) is 19.8 Å². The SMILES string of the molecule is CCOC(=O)[C@@H]1CCC[C@@H]1NC(=O)c1[nH]nc2nc[nH]c(=O)c12. The first-order chi connectivity index (χ1) is 11.1. The monoisotopic (exact) mass is 319 g/mol. The minimum atomic E-state index is -0.479. The van der Waals surface area contributed by atoms with Gasteiger partial charge >= 0.3 is 5.97 Å². The predicted molar refractivity (Wildman–Crippen MR) is 79.7 cm³/mol. The molecule has 1 amide bonds. The third-order valence-electron chi connectivity index (χ3n) is 4.01. The molecule has 1 fully saturated rings. The van der Waals surface area contributed by atoms with Crippen molar-refractivity contribution in [2.75, 3.05) is 6.61 Å². The van der Waals surface area contributed by atoms with Crippen molar-refractivity contribution < 1.29 is 14.3 Å². The Kier molecular flexibility index (Phi) is 4.09. The van der Waals surface area contributed by atoms with Gasteiger partial charge in [-0.2, -0.15) is 5.10 Å². The van der Waals surface area contributed by atoms with Crippen LogP contribution in [0.3, 0.4) is 0 Å². The Bertz CT molecular complexity index is 796. The summed E-state index contributed by atoms with van der Waals surface area (Å²) in [4.78, 5) is 42.5. The lowest BCUT2D eigenvalue weighted by atomic mass is 10.0. The van der Waals surface area contributed by atoms with Crippen molar-refractivity contribution in [1.29, 1.82) is 0 Å². The number of aromatic amines is 2. The number of rotatable bonds is 4. The second-order valence-corrected chi connectivity index (χ2v) is 5.40. The van der Waals surface area contributed by atoms with Crippen molar-refractivity contribution in [2.24, 2.45) is 5.92 Å². The number of carbonyl (C=O) groups is 2. The van der Waals surface area contributed by atoms with E-state index in [1.807, 2.05) is 0 Å². The molecule has 0 saturated heterocycles. The van der Waals surface area contributed by atoms with E-state index in [1.54, 1.807) is 6.92 Å². The van der Waals surface area contributed by atoms with E-state index in [0.29, 0.717) is 19.4 Å². The van der Waals surface area contributed by atoms with Gasteiger partial charge in [-0.3, -0.25) is 19.5 Å². The van der Waals surface area contributed by atoms with Crippen LogP contribution in [0.2, 0.25) is 0 Å². The first kappa shape index (κ1) is 15.2. The largest absolute Gasteiger partial charge is 0.466 e. The van der Waals surface area contributed by atoms with Crippen LogP contribution >= 0.6 is 0 Å². The van der Waals surface area contributed by atoms with E-state index in [4.69, 9.17) is 4.74 Å². The summed E-state index contributed by atoms with van der Waals surface area (Å²) in [7, 11) is 0. The maximum absolute atomic E-state index is 12.4. The van der Waals surface area contributed by atoms with Crippen LogP contribution in [0.25, 0.3) is 11.0 Å². The molecule has 2 aromatic rings. The van der Waals surface area contributed by atoms with Crippen LogP contribution in [-0.2, 0) is 9.53 Å². The highest BCUT2D eigenvalue weighted by atomic mass is 16.5. The average Bonchev–Trinajstić information content (AvgIpc) is 3.14. The second-order valence-electron chi connectivity index (χ2n) is 5.40. The molecule has 1 aliphatic rings. The number of nitrogens with zero attached hydrogens (tertiary/aromatic N) is 2. The predicted octanol–water partition coefficient (Wildman–Crippen LogP) is 0.108. The van der Waals surface area contributed by atoms with Crippen LogP contribution in [0.4, 0.5) is 0 Å². The summed E-state index contributed by atoms with van der Waals surface area (Å²) in [6.07, 6.45) is 3.42. The molecule has 23 heavy (non-hydrogen) atoms. The molecular weight excluding hydrogens is 302 g/mol. The fourth-order valence-electron chi connectivity index (χ4n) is 2.93. The Labute approximate surface area is 130 Å². The molecule has 2 aromatic heterocycles. The van der Waals surface area contributed by atoms with Gasteiger partial charge in [0.25, 0.3) is 11.5 Å². The Morgan fingerprint density at radius 1 is 1.43 bits per heavy atom. The molecule has 3 rings (SSSR count). The number of H-pyrrole nitrogens is 2. The number of aromatic nitrogens is 4. The highest BCUT2D eigenvalue weighted by Crippen LogP contribution is 2.27. The molecule has 0 aliphatic heterocycles. The Balaban J connectivity index is 1.81. The zero-order valence-electron chi connectivity index (χ0n) is 12.6. The van der Waals surface area contributed by atoms with Crippen molar-refractivity contribution >= 4 is 22.9 Å². The molecule has 2 heterocycles. The second kappa shape index (κ2) is 6.19. The van der Waals surface area contributed by atoms with Crippen LogP contribution in [0, 0.1) is 5.92 Å². The topological polar surface area (TPSA) is 130 Å². The minimum absolute atomic E-state index is 0.0452. The molecule has 9 heteroatoms. The van der Waals surface area contributed by atoms with Gasteiger partial charge in [0.1, 0.15) is 11.1 Å². The van der Waals surface area contributed by atoms with Gasteiger partial charge < -0.3 is 15.0 Å². The van der Waals surface area contributed by atoms with E-state index in [9.17, 15) is 14.4 Å². The first-order valence-electron chi connectivity index (χ1n) is 7.51. The standard InChI is InChI=1S/C14H17N5O4/c1-2-23-14(22)7-4-3-5-8(7)17-13(21)10-9-11(19-18-10)15-6-16-12(9)20/h6-8H,2-5H2,1H3,(H,17,21)(H2,15,16,18,19,20)/t7-,8+/m1/s1. The molecule has 0 unspecified atom stereocenters. The van der Waals surface area contributed by atoms with E-state index in [1.165, 1.54) is 6.33 Å². The first-order valence-corrected chi connectivity index (χ1v) is 7.51. The Morgan fingerprint density at radius 3 is 3.04 bits per heavy atom. The number of carbonyl (C=O) groups excluding carboxylic acids is 2. The van der Waals surface area contributed by atoms with Gasteiger partial charge in [0, 0.05) is 6.04 Å². The molecule has 0 spiro atoms. The lowest BCUT2D eigenvalue weighted by Gasteiger charge is -2.19. The molecule has 0 bridgehead atoms. The zero-order chi connectivity index (χ0) is 16.4. The average molecular weight is 319 g/mol. The van der Waals surface area contributed by atoms with Crippen LogP contribution in [0.5, 0.6) is 0 Å². The number of hydrogen-bond acceptors (Lipinski definition) is 6. The van der Waals surface area contributed by atoms with Crippen LogP contribution in [-0.4, -0.2) is 44.7 Å². The summed E-state index contributed by atoms with van der Waals surface area (Å²) < 4.78 is 5.04. The van der Waals surface area contributed by atoms with Gasteiger partial charge in [0.2, 0.25) is 0 Å². The number of fused-ring (bicyclic) bond motifs is 1. The normalized spacial score (nSPS) is 20.6. The summed E-state index contributed by atoms with van der Waals surface area (Å²) in [5, 5.41) is 9.29. The summed E-state index contributed by atoms with van der Waals surface area (Å²) in [5.41, 5.74) is -0.224. The van der Waals surface area contributed by atoms with Crippen molar-refractivity contribution in [1.82, 2.24) is 25.5 Å². The van der Waals surface area contributed by atoms with Crippen LogP contribution in [0.15, 0.2) is 11.1 Å². The molecule has 0 aromatic carbocycles. The van der Waals surface area contributed by atoms with E-state index < -0.39 is 11.5 Å². The van der Waals surface area contributed by atoms with Crippen LogP contribution in [0.1, 0.15) is 36.7 Å². The molecule has 9 nitrogen and oxygen atoms in total. The fraction of sp³-hybridized carbons (Fsp3) is 0.500.